The fourth-order valence-electron chi connectivity index (χ4n) is 0.639. The highest BCUT2D eigenvalue weighted by molar-refractivity contribution is 5.37. The van der Waals surface area contributed by atoms with E-state index < -0.39 is 0 Å². The van der Waals surface area contributed by atoms with Crippen molar-refractivity contribution in [1.29, 1.82) is 0 Å². The molecule has 0 atom stereocenters. The number of ether oxygens (including phenoxy) is 3. The maximum absolute atomic E-state index is 9.57. The molecule has 0 spiro atoms. The summed E-state index contributed by atoms with van der Waals surface area (Å²) in [5.74, 6) is 0. The zero-order chi connectivity index (χ0) is 9.07. The molecule has 0 saturated heterocycles. The van der Waals surface area contributed by atoms with Crippen LogP contribution in [0.25, 0.3) is 0 Å². The van der Waals surface area contributed by atoms with Crippen molar-refractivity contribution in [3.05, 3.63) is 0 Å². The van der Waals surface area contributed by atoms with E-state index in [9.17, 15) is 4.79 Å². The van der Waals surface area contributed by atoms with Crippen molar-refractivity contribution < 1.29 is 19.0 Å². The lowest BCUT2D eigenvalue weighted by Gasteiger charge is -2.02. The average molecular weight is 175 g/mol. The molecule has 0 amide bonds. The van der Waals surface area contributed by atoms with E-state index in [4.69, 9.17) is 9.47 Å². The van der Waals surface area contributed by atoms with Crippen LogP contribution >= 0.6 is 0 Å². The van der Waals surface area contributed by atoms with Crippen molar-refractivity contribution in [2.24, 2.45) is 0 Å². The van der Waals surface area contributed by atoms with Gasteiger partial charge in [-0.2, -0.15) is 0 Å². The van der Waals surface area contributed by atoms with Gasteiger partial charge in [-0.05, 0) is 6.92 Å². The highest BCUT2D eigenvalue weighted by Crippen LogP contribution is 1.84. The molecule has 0 fully saturated rings. The molecule has 4 nitrogen and oxygen atoms in total. The standard InChI is InChI=1S/C8H15O4/c1-2-10-6-7-11-4-3-5-12-8-9/h2-7H2,1H3. The predicted octanol–water partition coefficient (Wildman–Crippen LogP) is 0.513. The summed E-state index contributed by atoms with van der Waals surface area (Å²) in [5, 5.41) is 0. The fourth-order valence-corrected chi connectivity index (χ4v) is 0.639. The highest BCUT2D eigenvalue weighted by Gasteiger charge is 1.89. The van der Waals surface area contributed by atoms with Crippen molar-refractivity contribution in [2.45, 2.75) is 13.3 Å². The van der Waals surface area contributed by atoms with Crippen LogP contribution in [0.15, 0.2) is 0 Å². The number of carbonyl (C=O) groups excluding carboxylic acids is 1. The third-order valence-electron chi connectivity index (χ3n) is 1.17. The Morgan fingerprint density at radius 1 is 1.08 bits per heavy atom. The minimum atomic E-state index is 0.373. The first-order valence-corrected chi connectivity index (χ1v) is 4.06. The molecule has 0 unspecified atom stereocenters. The quantitative estimate of drug-likeness (QED) is 0.479. The molecule has 0 aliphatic rings. The Bertz CT molecular complexity index is 95.1. The summed E-state index contributed by atoms with van der Waals surface area (Å²) in [6.45, 7) is 6.18. The van der Waals surface area contributed by atoms with Crippen LogP contribution in [0.3, 0.4) is 0 Å². The Kier molecular flexibility index (Phi) is 9.86. The second kappa shape index (κ2) is 10.4. The maximum Gasteiger partial charge on any atom is 0.417 e. The summed E-state index contributed by atoms with van der Waals surface area (Å²) < 4.78 is 14.5. The Labute approximate surface area is 72.8 Å². The van der Waals surface area contributed by atoms with Crippen molar-refractivity contribution in [2.75, 3.05) is 33.0 Å². The summed E-state index contributed by atoms with van der Waals surface area (Å²) in [7, 11) is 0. The zero-order valence-electron chi connectivity index (χ0n) is 7.38. The van der Waals surface area contributed by atoms with Gasteiger partial charge < -0.3 is 14.2 Å². The summed E-state index contributed by atoms with van der Waals surface area (Å²) in [6, 6.07) is 0. The molecule has 0 aliphatic heterocycles. The Hall–Kier alpha value is -0.610. The monoisotopic (exact) mass is 175 g/mol. The molecule has 0 aromatic heterocycles. The Morgan fingerprint density at radius 2 is 1.83 bits per heavy atom. The normalized spacial score (nSPS) is 9.75. The van der Waals surface area contributed by atoms with Crippen LogP contribution in [0.5, 0.6) is 0 Å². The first-order valence-electron chi connectivity index (χ1n) is 4.06. The second-order valence-corrected chi connectivity index (χ2v) is 2.09. The molecule has 71 valence electrons. The van der Waals surface area contributed by atoms with Crippen LogP contribution in [0.4, 0.5) is 0 Å². The number of rotatable bonds is 9. The van der Waals surface area contributed by atoms with Crippen LogP contribution in [0, 0.1) is 0 Å². The molecule has 0 rings (SSSR count). The van der Waals surface area contributed by atoms with Gasteiger partial charge in [0, 0.05) is 19.6 Å². The van der Waals surface area contributed by atoms with E-state index >= 15 is 0 Å². The molecular formula is C8H15O4. The lowest BCUT2D eigenvalue weighted by molar-refractivity contribution is 0.0476. The van der Waals surface area contributed by atoms with Gasteiger partial charge in [0.1, 0.15) is 0 Å². The lowest BCUT2D eigenvalue weighted by atomic mass is 10.5. The molecule has 0 aromatic rings. The SMILES string of the molecule is CCOCCOCCCO[C]=O. The van der Waals surface area contributed by atoms with E-state index in [0.29, 0.717) is 39.5 Å². The van der Waals surface area contributed by atoms with Gasteiger partial charge in [-0.25, -0.2) is 4.79 Å². The Morgan fingerprint density at radius 3 is 2.50 bits per heavy atom. The zero-order valence-corrected chi connectivity index (χ0v) is 7.38. The largest absolute Gasteiger partial charge is 0.457 e. The molecule has 12 heavy (non-hydrogen) atoms. The van der Waals surface area contributed by atoms with Gasteiger partial charge in [-0.3, -0.25) is 0 Å². The van der Waals surface area contributed by atoms with Crippen molar-refractivity contribution in [3.8, 4) is 0 Å². The third kappa shape index (κ3) is 9.39. The topological polar surface area (TPSA) is 44.8 Å². The fraction of sp³-hybridized carbons (Fsp3) is 0.875. The predicted molar refractivity (Wildman–Crippen MR) is 43.6 cm³/mol. The smallest absolute Gasteiger partial charge is 0.417 e. The minimum Gasteiger partial charge on any atom is -0.457 e. The van der Waals surface area contributed by atoms with E-state index in [1.54, 1.807) is 0 Å². The second-order valence-electron chi connectivity index (χ2n) is 2.09. The van der Waals surface area contributed by atoms with Crippen molar-refractivity contribution in [1.82, 2.24) is 0 Å². The van der Waals surface area contributed by atoms with Crippen LogP contribution in [-0.2, 0) is 19.0 Å². The van der Waals surface area contributed by atoms with Crippen LogP contribution in [0.2, 0.25) is 0 Å². The number of hydrogen-bond donors (Lipinski definition) is 0. The molecule has 0 N–H and O–H groups in total. The van der Waals surface area contributed by atoms with Gasteiger partial charge in [0.15, 0.2) is 0 Å². The van der Waals surface area contributed by atoms with Gasteiger partial charge >= 0.3 is 6.47 Å². The summed E-state index contributed by atoms with van der Waals surface area (Å²) in [5.41, 5.74) is 0. The van der Waals surface area contributed by atoms with E-state index in [2.05, 4.69) is 4.74 Å². The van der Waals surface area contributed by atoms with E-state index in [1.807, 2.05) is 6.92 Å². The van der Waals surface area contributed by atoms with Crippen molar-refractivity contribution in [3.63, 3.8) is 0 Å². The Balaban J connectivity index is 2.77. The summed E-state index contributed by atoms with van der Waals surface area (Å²) in [4.78, 5) is 9.57. The average Bonchev–Trinajstić information content (AvgIpc) is 2.10. The van der Waals surface area contributed by atoms with Crippen LogP contribution < -0.4 is 0 Å². The number of hydrogen-bond acceptors (Lipinski definition) is 4. The van der Waals surface area contributed by atoms with Gasteiger partial charge in [0.05, 0.1) is 19.8 Å². The third-order valence-corrected chi connectivity index (χ3v) is 1.17. The van der Waals surface area contributed by atoms with Gasteiger partial charge in [0.2, 0.25) is 0 Å². The van der Waals surface area contributed by atoms with E-state index in [-0.39, 0.29) is 0 Å². The van der Waals surface area contributed by atoms with Crippen LogP contribution in [-0.4, -0.2) is 39.5 Å². The maximum atomic E-state index is 9.57. The molecule has 0 bridgehead atoms. The highest BCUT2D eigenvalue weighted by atomic mass is 16.5. The van der Waals surface area contributed by atoms with E-state index in [1.165, 1.54) is 6.47 Å². The molecule has 4 heteroatoms. The summed E-state index contributed by atoms with van der Waals surface area (Å²) >= 11 is 0. The molecule has 0 aromatic carbocycles. The summed E-state index contributed by atoms with van der Waals surface area (Å²) in [6.07, 6.45) is 0.710. The molecular weight excluding hydrogens is 160 g/mol. The first kappa shape index (κ1) is 11.4. The minimum absolute atomic E-state index is 0.373. The lowest BCUT2D eigenvalue weighted by Crippen LogP contribution is -2.06. The molecule has 0 aliphatic carbocycles. The molecule has 1 radical (unpaired) electrons. The van der Waals surface area contributed by atoms with Gasteiger partial charge in [-0.15, -0.1) is 0 Å². The molecule has 0 heterocycles. The van der Waals surface area contributed by atoms with Crippen LogP contribution in [0.1, 0.15) is 13.3 Å². The van der Waals surface area contributed by atoms with Gasteiger partial charge in [0.25, 0.3) is 0 Å². The first-order chi connectivity index (χ1) is 5.91. The van der Waals surface area contributed by atoms with E-state index in [0.717, 1.165) is 0 Å². The van der Waals surface area contributed by atoms with Crippen molar-refractivity contribution >= 4 is 6.47 Å². The van der Waals surface area contributed by atoms with Gasteiger partial charge in [-0.1, -0.05) is 0 Å². The molecule has 0 saturated carbocycles.